The van der Waals surface area contributed by atoms with E-state index in [1.807, 2.05) is 13.0 Å². The van der Waals surface area contributed by atoms with Crippen LogP contribution in [0.1, 0.15) is 46.5 Å². The van der Waals surface area contributed by atoms with Crippen LogP contribution in [0, 0.1) is 16.7 Å². The minimum absolute atomic E-state index is 0.0483. The molecule has 1 fully saturated rings. The van der Waals surface area contributed by atoms with E-state index in [1.165, 1.54) is 7.11 Å². The van der Waals surface area contributed by atoms with E-state index in [2.05, 4.69) is 29.8 Å². The van der Waals surface area contributed by atoms with Crippen molar-refractivity contribution in [3.05, 3.63) is 11.6 Å². The molecule has 0 unspecified atom stereocenters. The van der Waals surface area contributed by atoms with Gasteiger partial charge in [-0.05, 0) is 36.2 Å². The zero-order chi connectivity index (χ0) is 15.2. The summed E-state index contributed by atoms with van der Waals surface area (Å²) in [6.07, 6.45) is 5.52. The molecule has 1 saturated carbocycles. The lowest BCUT2D eigenvalue weighted by Crippen LogP contribution is -2.61. The van der Waals surface area contributed by atoms with Gasteiger partial charge in [-0.1, -0.05) is 49.2 Å². The predicted octanol–water partition coefficient (Wildman–Crippen LogP) is 4.43. The zero-order valence-corrected chi connectivity index (χ0v) is 14.3. The van der Waals surface area contributed by atoms with Crippen LogP contribution in [0.3, 0.4) is 0 Å². The van der Waals surface area contributed by atoms with Crippen LogP contribution < -0.4 is 0 Å². The highest BCUT2D eigenvalue weighted by Crippen LogP contribution is 2.62. The van der Waals surface area contributed by atoms with Crippen molar-refractivity contribution >= 4 is 21.9 Å². The molecule has 0 aromatic rings. The van der Waals surface area contributed by atoms with Crippen molar-refractivity contribution in [2.45, 2.75) is 52.1 Å². The maximum Gasteiger partial charge on any atom is 0.348 e. The summed E-state index contributed by atoms with van der Waals surface area (Å²) < 4.78 is 20.8. The number of ether oxygens (including phenoxy) is 1. The average Bonchev–Trinajstić information content (AvgIpc) is 2.39. The third kappa shape index (κ3) is 1.98. The number of halogens is 2. The van der Waals surface area contributed by atoms with E-state index >= 15 is 4.39 Å². The van der Waals surface area contributed by atoms with E-state index in [1.54, 1.807) is 0 Å². The molecule has 0 spiro atoms. The second kappa shape index (κ2) is 5.11. The van der Waals surface area contributed by atoms with Crippen molar-refractivity contribution in [2.24, 2.45) is 16.7 Å². The van der Waals surface area contributed by atoms with Gasteiger partial charge in [-0.3, -0.25) is 0 Å². The summed E-state index contributed by atoms with van der Waals surface area (Å²) in [5.41, 5.74) is -2.11. The summed E-state index contributed by atoms with van der Waals surface area (Å²) in [7, 11) is 1.27. The second-order valence-electron chi connectivity index (χ2n) is 7.06. The Morgan fingerprint density at radius 2 is 2.10 bits per heavy atom. The maximum atomic E-state index is 15.9. The first-order valence-corrected chi connectivity index (χ1v) is 8.39. The zero-order valence-electron chi connectivity index (χ0n) is 12.8. The Balaban J connectivity index is 2.59. The van der Waals surface area contributed by atoms with Crippen molar-refractivity contribution in [3.63, 3.8) is 0 Å². The first-order chi connectivity index (χ1) is 9.24. The molecule has 2 aliphatic carbocycles. The highest BCUT2D eigenvalue weighted by Gasteiger charge is 2.65. The van der Waals surface area contributed by atoms with Gasteiger partial charge in [0.25, 0.3) is 0 Å². The van der Waals surface area contributed by atoms with Gasteiger partial charge < -0.3 is 4.74 Å². The Labute approximate surface area is 129 Å². The number of rotatable bonds is 2. The topological polar surface area (TPSA) is 26.3 Å². The van der Waals surface area contributed by atoms with Crippen LogP contribution in [0.25, 0.3) is 0 Å². The third-order valence-corrected chi connectivity index (χ3v) is 6.27. The molecule has 0 bridgehead atoms. The number of fused-ring (bicyclic) bond motifs is 1. The average molecular weight is 347 g/mol. The minimum atomic E-state index is -2.01. The molecule has 2 aliphatic rings. The summed E-state index contributed by atoms with van der Waals surface area (Å²) in [4.78, 5) is 12.3. The smallest absolute Gasteiger partial charge is 0.348 e. The highest BCUT2D eigenvalue weighted by atomic mass is 79.9. The first kappa shape index (κ1) is 16.0. The number of alkyl halides is 2. The van der Waals surface area contributed by atoms with Crippen molar-refractivity contribution in [3.8, 4) is 0 Å². The summed E-state index contributed by atoms with van der Waals surface area (Å²) in [5, 5.41) is 0.376. The number of methoxy groups -OCH3 is 1. The molecule has 0 heterocycles. The molecule has 20 heavy (non-hydrogen) atoms. The molecule has 4 heteroatoms. The van der Waals surface area contributed by atoms with Crippen molar-refractivity contribution < 1.29 is 13.9 Å². The fraction of sp³-hybridized carbons (Fsp3) is 0.812. The fourth-order valence-electron chi connectivity index (χ4n) is 4.53. The van der Waals surface area contributed by atoms with E-state index in [0.29, 0.717) is 10.9 Å². The Morgan fingerprint density at radius 3 is 2.65 bits per heavy atom. The van der Waals surface area contributed by atoms with Gasteiger partial charge >= 0.3 is 5.97 Å². The normalized spacial score (nSPS) is 39.7. The van der Waals surface area contributed by atoms with E-state index in [0.717, 1.165) is 25.7 Å². The van der Waals surface area contributed by atoms with Gasteiger partial charge in [-0.25, -0.2) is 9.18 Å². The maximum absolute atomic E-state index is 15.9. The van der Waals surface area contributed by atoms with Crippen molar-refractivity contribution in [1.29, 1.82) is 0 Å². The SMILES string of the molecule is COC(=O)[C@@]1(F)C(CBr)=CC[C@H]2C(C)(C)CCC[C@@]21C. The van der Waals surface area contributed by atoms with Gasteiger partial charge in [-0.15, -0.1) is 0 Å². The second-order valence-corrected chi connectivity index (χ2v) is 7.62. The van der Waals surface area contributed by atoms with Crippen LogP contribution in [0.4, 0.5) is 4.39 Å². The number of hydrogen-bond donors (Lipinski definition) is 0. The molecule has 0 aromatic carbocycles. The Morgan fingerprint density at radius 1 is 1.45 bits per heavy atom. The quantitative estimate of drug-likeness (QED) is 0.420. The molecule has 0 saturated heterocycles. The molecule has 2 nitrogen and oxygen atoms in total. The summed E-state index contributed by atoms with van der Waals surface area (Å²) in [6.45, 7) is 6.32. The highest BCUT2D eigenvalue weighted by molar-refractivity contribution is 9.09. The van der Waals surface area contributed by atoms with Gasteiger partial charge in [-0.2, -0.15) is 0 Å². The number of hydrogen-bond acceptors (Lipinski definition) is 2. The molecule has 0 amide bonds. The van der Waals surface area contributed by atoms with Crippen LogP contribution in [0.5, 0.6) is 0 Å². The predicted molar refractivity (Wildman–Crippen MR) is 81.6 cm³/mol. The molecular formula is C16H24BrFO2. The van der Waals surface area contributed by atoms with Crippen LogP contribution in [-0.2, 0) is 9.53 Å². The number of allylic oxidation sites excluding steroid dienone is 1. The lowest BCUT2D eigenvalue weighted by Gasteiger charge is -2.57. The molecule has 0 aromatic heterocycles. The number of carbonyl (C=O) groups excluding carboxylic acids is 1. The largest absolute Gasteiger partial charge is 0.466 e. The van der Waals surface area contributed by atoms with Gasteiger partial charge in [0.2, 0.25) is 5.67 Å². The first-order valence-electron chi connectivity index (χ1n) is 7.27. The number of esters is 1. The fourth-order valence-corrected chi connectivity index (χ4v) is 5.15. The van der Waals surface area contributed by atoms with Crippen LogP contribution in [-0.4, -0.2) is 24.1 Å². The van der Waals surface area contributed by atoms with E-state index < -0.39 is 17.1 Å². The Bertz CT molecular complexity index is 446. The van der Waals surface area contributed by atoms with Crippen LogP contribution in [0.15, 0.2) is 11.6 Å². The molecule has 0 N–H and O–H groups in total. The summed E-state index contributed by atoms with van der Waals surface area (Å²) >= 11 is 3.34. The molecule has 0 aliphatic heterocycles. The minimum Gasteiger partial charge on any atom is -0.466 e. The standard InChI is InChI=1S/C16H24BrFO2/c1-14(2)8-5-9-15(3)12(14)7-6-11(10-17)16(15,18)13(19)20-4/h6,12H,5,7-10H2,1-4H3/t12-,15-,16-/m0/s1. The lowest BCUT2D eigenvalue weighted by molar-refractivity contribution is -0.174. The van der Waals surface area contributed by atoms with Crippen LogP contribution in [0.2, 0.25) is 0 Å². The van der Waals surface area contributed by atoms with E-state index in [4.69, 9.17) is 4.74 Å². The van der Waals surface area contributed by atoms with E-state index in [-0.39, 0.29) is 11.3 Å². The monoisotopic (exact) mass is 346 g/mol. The van der Waals surface area contributed by atoms with Crippen LogP contribution >= 0.6 is 15.9 Å². The van der Waals surface area contributed by atoms with Gasteiger partial charge in [0.15, 0.2) is 0 Å². The van der Waals surface area contributed by atoms with Crippen molar-refractivity contribution in [1.82, 2.24) is 0 Å². The molecule has 114 valence electrons. The number of carbonyl (C=O) groups is 1. The van der Waals surface area contributed by atoms with E-state index in [9.17, 15) is 4.79 Å². The third-order valence-electron chi connectivity index (χ3n) is 5.67. The Kier molecular flexibility index (Phi) is 4.09. The summed E-state index contributed by atoms with van der Waals surface area (Å²) in [6, 6.07) is 0. The Hall–Kier alpha value is -0.380. The summed E-state index contributed by atoms with van der Waals surface area (Å²) in [5.74, 6) is -0.580. The van der Waals surface area contributed by atoms with Gasteiger partial charge in [0.1, 0.15) is 0 Å². The molecular weight excluding hydrogens is 323 g/mol. The van der Waals surface area contributed by atoms with Crippen molar-refractivity contribution in [2.75, 3.05) is 12.4 Å². The molecule has 0 radical (unpaired) electrons. The molecule has 3 atom stereocenters. The lowest BCUT2D eigenvalue weighted by atomic mass is 9.47. The van der Waals surface area contributed by atoms with Gasteiger partial charge in [0.05, 0.1) is 7.11 Å². The molecule has 2 rings (SSSR count). The van der Waals surface area contributed by atoms with Gasteiger partial charge in [0, 0.05) is 10.7 Å².